The van der Waals surface area contributed by atoms with Crippen LogP contribution >= 0.6 is 0 Å². The van der Waals surface area contributed by atoms with Crippen LogP contribution in [0.15, 0.2) is 0 Å². The van der Waals surface area contributed by atoms with Crippen molar-refractivity contribution >= 4 is 23.6 Å². The number of anilines is 2. The fourth-order valence-electron chi connectivity index (χ4n) is 3.31. The molecule has 8 heteroatoms. The lowest BCUT2D eigenvalue weighted by atomic mass is 10.00. The third-order valence-electron chi connectivity index (χ3n) is 4.55. The van der Waals surface area contributed by atoms with Gasteiger partial charge in [0.15, 0.2) is 0 Å². The molecule has 0 bridgehead atoms. The highest BCUT2D eigenvalue weighted by atomic mass is 16.2. The van der Waals surface area contributed by atoms with Crippen LogP contribution in [-0.4, -0.2) is 67.5 Å². The molecule has 0 saturated carbocycles. The van der Waals surface area contributed by atoms with Crippen LogP contribution in [0.4, 0.5) is 11.8 Å². The molecule has 1 aliphatic heterocycles. The van der Waals surface area contributed by atoms with Gasteiger partial charge in [-0.05, 0) is 18.8 Å². The van der Waals surface area contributed by atoms with E-state index in [0.717, 1.165) is 17.1 Å². The van der Waals surface area contributed by atoms with Crippen molar-refractivity contribution in [3.8, 4) is 0 Å². The van der Waals surface area contributed by atoms with Crippen LogP contribution in [0.3, 0.4) is 0 Å². The van der Waals surface area contributed by atoms with Crippen LogP contribution in [-0.2, 0) is 22.6 Å². The van der Waals surface area contributed by atoms with Crippen LogP contribution in [0.5, 0.6) is 0 Å². The molecule has 0 radical (unpaired) electrons. The van der Waals surface area contributed by atoms with Gasteiger partial charge >= 0.3 is 0 Å². The summed E-state index contributed by atoms with van der Waals surface area (Å²) in [7, 11) is 7.74. The molecule has 2 rings (SSSR count). The summed E-state index contributed by atoms with van der Waals surface area (Å²) in [6.45, 7) is 6.59. The zero-order valence-electron chi connectivity index (χ0n) is 17.5. The van der Waals surface area contributed by atoms with E-state index in [1.807, 2.05) is 51.8 Å². The first-order valence-corrected chi connectivity index (χ1v) is 9.40. The van der Waals surface area contributed by atoms with Gasteiger partial charge in [-0.25, -0.2) is 4.98 Å². The molecule has 150 valence electrons. The summed E-state index contributed by atoms with van der Waals surface area (Å²) in [6.07, 6.45) is 1.33. The van der Waals surface area contributed by atoms with Gasteiger partial charge in [-0.15, -0.1) is 0 Å². The van der Waals surface area contributed by atoms with Gasteiger partial charge in [0.05, 0.1) is 12.2 Å². The summed E-state index contributed by atoms with van der Waals surface area (Å²) in [6, 6.07) is -0.493. The van der Waals surface area contributed by atoms with Gasteiger partial charge in [-0.3, -0.25) is 9.59 Å². The van der Waals surface area contributed by atoms with Crippen molar-refractivity contribution in [1.29, 1.82) is 0 Å². The predicted octanol–water partition coefficient (Wildman–Crippen LogP) is 1.04. The van der Waals surface area contributed by atoms with E-state index in [0.29, 0.717) is 37.8 Å². The Kier molecular flexibility index (Phi) is 6.62. The predicted molar refractivity (Wildman–Crippen MR) is 107 cm³/mol. The first kappa shape index (κ1) is 20.9. The van der Waals surface area contributed by atoms with Crippen LogP contribution in [0.25, 0.3) is 0 Å². The molecule has 0 aromatic carbocycles. The molecule has 1 aromatic heterocycles. The molecule has 1 aliphatic rings. The molecular formula is C19H32N6O2. The molecule has 8 nitrogen and oxygen atoms in total. The Hall–Kier alpha value is -2.38. The first-order valence-electron chi connectivity index (χ1n) is 9.40. The number of hydrogen-bond donors (Lipinski definition) is 1. The van der Waals surface area contributed by atoms with E-state index in [2.05, 4.69) is 15.3 Å². The van der Waals surface area contributed by atoms with Gasteiger partial charge < -0.3 is 20.0 Å². The molecule has 1 atom stereocenters. The molecule has 0 spiro atoms. The Morgan fingerprint density at radius 2 is 1.81 bits per heavy atom. The van der Waals surface area contributed by atoms with Crippen molar-refractivity contribution in [1.82, 2.24) is 20.2 Å². The third kappa shape index (κ3) is 5.08. The van der Waals surface area contributed by atoms with Gasteiger partial charge in [0, 0.05) is 47.2 Å². The van der Waals surface area contributed by atoms with E-state index >= 15 is 0 Å². The highest BCUT2D eigenvalue weighted by molar-refractivity contribution is 5.87. The highest BCUT2D eigenvalue weighted by Crippen LogP contribution is 2.28. The van der Waals surface area contributed by atoms with E-state index in [4.69, 9.17) is 0 Å². The van der Waals surface area contributed by atoms with Crippen molar-refractivity contribution in [2.75, 3.05) is 44.5 Å². The molecule has 0 aliphatic carbocycles. The second-order valence-electron chi connectivity index (χ2n) is 7.95. The van der Waals surface area contributed by atoms with Crippen LogP contribution < -0.4 is 15.1 Å². The molecule has 0 unspecified atom stereocenters. The second kappa shape index (κ2) is 8.54. The van der Waals surface area contributed by atoms with Crippen LogP contribution in [0.2, 0.25) is 0 Å². The van der Waals surface area contributed by atoms with Crippen molar-refractivity contribution in [3.05, 3.63) is 11.3 Å². The molecule has 2 heterocycles. The van der Waals surface area contributed by atoms with Crippen molar-refractivity contribution in [2.24, 2.45) is 5.92 Å². The standard InChI is InChI=1S/C19H32N6O2/c1-12(2)10-15(20-13(3)26)18(27)25-9-8-14-16(11-25)21-19(24(6)7)22-17(14)23(4)5/h12,15H,8-11H2,1-7H3,(H,20,26)/t15-/m0/s1. The van der Waals surface area contributed by atoms with Gasteiger partial charge in [0.1, 0.15) is 11.9 Å². The number of fused-ring (bicyclic) bond motifs is 1. The number of nitrogens with zero attached hydrogens (tertiary/aromatic N) is 5. The van der Waals surface area contributed by atoms with Crippen molar-refractivity contribution in [3.63, 3.8) is 0 Å². The maximum Gasteiger partial charge on any atom is 0.245 e. The lowest BCUT2D eigenvalue weighted by Crippen LogP contribution is -2.50. The minimum Gasteiger partial charge on any atom is -0.362 e. The molecule has 2 amide bonds. The molecule has 1 N–H and O–H groups in total. The quantitative estimate of drug-likeness (QED) is 0.799. The Morgan fingerprint density at radius 1 is 1.15 bits per heavy atom. The smallest absolute Gasteiger partial charge is 0.245 e. The lowest BCUT2D eigenvalue weighted by Gasteiger charge is -2.33. The molecule has 0 fully saturated rings. The topological polar surface area (TPSA) is 81.7 Å². The van der Waals surface area contributed by atoms with E-state index in [-0.39, 0.29) is 11.8 Å². The number of carbonyl (C=O) groups is 2. The molecule has 1 aromatic rings. The number of aromatic nitrogens is 2. The van der Waals surface area contributed by atoms with Crippen LogP contribution in [0, 0.1) is 5.92 Å². The Labute approximate surface area is 161 Å². The maximum absolute atomic E-state index is 13.1. The summed E-state index contributed by atoms with van der Waals surface area (Å²) in [4.78, 5) is 39.6. The largest absolute Gasteiger partial charge is 0.362 e. The first-order chi connectivity index (χ1) is 12.6. The fourth-order valence-corrected chi connectivity index (χ4v) is 3.31. The summed E-state index contributed by atoms with van der Waals surface area (Å²) < 4.78 is 0. The van der Waals surface area contributed by atoms with Crippen molar-refractivity contribution in [2.45, 2.75) is 46.2 Å². The highest BCUT2D eigenvalue weighted by Gasteiger charge is 2.31. The van der Waals surface area contributed by atoms with Crippen LogP contribution in [0.1, 0.15) is 38.4 Å². The Bertz CT molecular complexity index is 702. The normalized spacial score (nSPS) is 14.6. The van der Waals surface area contributed by atoms with Gasteiger partial charge in [0.2, 0.25) is 17.8 Å². The summed E-state index contributed by atoms with van der Waals surface area (Å²) in [5.74, 6) is 1.62. The average Bonchev–Trinajstić information content (AvgIpc) is 2.57. The Morgan fingerprint density at radius 3 is 2.33 bits per heavy atom. The minimum absolute atomic E-state index is 0.0408. The zero-order chi connectivity index (χ0) is 20.3. The van der Waals surface area contributed by atoms with Gasteiger partial charge in [-0.1, -0.05) is 13.8 Å². The zero-order valence-corrected chi connectivity index (χ0v) is 17.5. The SMILES string of the molecule is CC(=O)N[C@@H](CC(C)C)C(=O)N1CCc2c(nc(N(C)C)nc2N(C)C)C1. The number of amides is 2. The maximum atomic E-state index is 13.1. The van der Waals surface area contributed by atoms with Crippen molar-refractivity contribution < 1.29 is 9.59 Å². The molecule has 0 saturated heterocycles. The van der Waals surface area contributed by atoms with Gasteiger partial charge in [0.25, 0.3) is 0 Å². The summed E-state index contributed by atoms with van der Waals surface area (Å²) in [5.41, 5.74) is 1.97. The lowest BCUT2D eigenvalue weighted by molar-refractivity contribution is -0.137. The van der Waals surface area contributed by atoms with E-state index < -0.39 is 6.04 Å². The average molecular weight is 377 g/mol. The Balaban J connectivity index is 2.30. The number of hydrogen-bond acceptors (Lipinski definition) is 6. The molecular weight excluding hydrogens is 344 g/mol. The fraction of sp³-hybridized carbons (Fsp3) is 0.684. The second-order valence-corrected chi connectivity index (χ2v) is 7.95. The van der Waals surface area contributed by atoms with E-state index in [1.165, 1.54) is 6.92 Å². The number of nitrogens with one attached hydrogen (secondary N) is 1. The monoisotopic (exact) mass is 376 g/mol. The van der Waals surface area contributed by atoms with E-state index in [1.54, 1.807) is 4.90 Å². The third-order valence-corrected chi connectivity index (χ3v) is 4.55. The summed E-state index contributed by atoms with van der Waals surface area (Å²) >= 11 is 0. The number of rotatable bonds is 6. The van der Waals surface area contributed by atoms with E-state index in [9.17, 15) is 9.59 Å². The number of carbonyl (C=O) groups excluding carboxylic acids is 2. The molecule has 27 heavy (non-hydrogen) atoms. The summed E-state index contributed by atoms with van der Waals surface area (Å²) in [5, 5.41) is 2.81. The minimum atomic E-state index is -0.493. The van der Waals surface area contributed by atoms with Gasteiger partial charge in [-0.2, -0.15) is 4.98 Å².